The van der Waals surface area contributed by atoms with E-state index in [-0.39, 0.29) is 6.61 Å². The van der Waals surface area contributed by atoms with Crippen molar-refractivity contribution in [2.45, 2.75) is 39.4 Å². The van der Waals surface area contributed by atoms with Crippen LogP contribution in [0.15, 0.2) is 24.3 Å². The Morgan fingerprint density at radius 1 is 1.18 bits per heavy atom. The van der Waals surface area contributed by atoms with Crippen LogP contribution in [-0.4, -0.2) is 19.6 Å². The Kier molecular flexibility index (Phi) is 5.98. The first kappa shape index (κ1) is 14.0. The second-order valence-electron chi connectivity index (χ2n) is 4.12. The lowest BCUT2D eigenvalue weighted by molar-refractivity contribution is -0.0699. The number of benzene rings is 1. The van der Waals surface area contributed by atoms with Crippen LogP contribution in [0, 0.1) is 0 Å². The van der Waals surface area contributed by atoms with Crippen molar-refractivity contribution in [3.05, 3.63) is 29.8 Å². The fraction of sp³-hybridized carbons (Fsp3) is 0.571. The Morgan fingerprint density at radius 2 is 1.82 bits per heavy atom. The average molecular weight is 240 g/mol. The van der Waals surface area contributed by atoms with Gasteiger partial charge in [-0.2, -0.15) is 0 Å². The summed E-state index contributed by atoms with van der Waals surface area (Å²) in [6.07, 6.45) is 0.705. The molecule has 1 rings (SSSR count). The van der Waals surface area contributed by atoms with Crippen LogP contribution in [-0.2, 0) is 4.74 Å². The van der Waals surface area contributed by atoms with E-state index in [9.17, 15) is 4.39 Å². The molecule has 0 N–H and O–H groups in total. The summed E-state index contributed by atoms with van der Waals surface area (Å²) in [5.41, 5.74) is 1.30. The van der Waals surface area contributed by atoms with E-state index in [1.807, 2.05) is 12.1 Å². The SMILES string of the molecule is CCC(C)c1ccc(OC(C)OCCF)cc1. The molecule has 0 radical (unpaired) electrons. The van der Waals surface area contributed by atoms with Crippen molar-refractivity contribution >= 4 is 0 Å². The van der Waals surface area contributed by atoms with Gasteiger partial charge in [0.05, 0.1) is 6.61 Å². The number of hydrogen-bond acceptors (Lipinski definition) is 2. The summed E-state index contributed by atoms with van der Waals surface area (Å²) >= 11 is 0. The highest BCUT2D eigenvalue weighted by molar-refractivity contribution is 5.29. The number of rotatable bonds is 7. The lowest BCUT2D eigenvalue weighted by Gasteiger charge is -2.15. The van der Waals surface area contributed by atoms with Crippen LogP contribution in [0.5, 0.6) is 5.75 Å². The molecule has 1 aromatic carbocycles. The first-order valence-corrected chi connectivity index (χ1v) is 6.11. The highest BCUT2D eigenvalue weighted by Gasteiger charge is 2.05. The fourth-order valence-electron chi connectivity index (χ4n) is 1.55. The molecule has 0 spiro atoms. The molecular formula is C14H21FO2. The summed E-state index contributed by atoms with van der Waals surface area (Å²) < 4.78 is 22.5. The van der Waals surface area contributed by atoms with Gasteiger partial charge in [0.25, 0.3) is 0 Å². The van der Waals surface area contributed by atoms with Crippen molar-refractivity contribution in [2.24, 2.45) is 0 Å². The fourth-order valence-corrected chi connectivity index (χ4v) is 1.55. The lowest BCUT2D eigenvalue weighted by atomic mass is 9.99. The van der Waals surface area contributed by atoms with Gasteiger partial charge in [0.2, 0.25) is 0 Å². The molecule has 1 aromatic rings. The van der Waals surface area contributed by atoms with Gasteiger partial charge in [-0.05, 0) is 37.0 Å². The Bertz CT molecular complexity index is 311. The van der Waals surface area contributed by atoms with Crippen LogP contribution >= 0.6 is 0 Å². The van der Waals surface area contributed by atoms with Crippen molar-refractivity contribution in [1.29, 1.82) is 0 Å². The molecular weight excluding hydrogens is 219 g/mol. The molecule has 17 heavy (non-hydrogen) atoms. The van der Waals surface area contributed by atoms with E-state index < -0.39 is 13.0 Å². The first-order chi connectivity index (χ1) is 8.17. The minimum atomic E-state index is -0.485. The Balaban J connectivity index is 2.50. The zero-order valence-electron chi connectivity index (χ0n) is 10.8. The zero-order chi connectivity index (χ0) is 12.7. The van der Waals surface area contributed by atoms with Gasteiger partial charge in [0.15, 0.2) is 6.29 Å². The Hall–Kier alpha value is -1.09. The zero-order valence-corrected chi connectivity index (χ0v) is 10.8. The van der Waals surface area contributed by atoms with Gasteiger partial charge in [-0.1, -0.05) is 26.0 Å². The summed E-state index contributed by atoms with van der Waals surface area (Å²) in [5, 5.41) is 0. The van der Waals surface area contributed by atoms with Crippen LogP contribution in [0.3, 0.4) is 0 Å². The van der Waals surface area contributed by atoms with Crippen LogP contribution < -0.4 is 4.74 Å². The molecule has 2 nitrogen and oxygen atoms in total. The molecule has 0 aliphatic carbocycles. The van der Waals surface area contributed by atoms with Crippen molar-refractivity contribution in [2.75, 3.05) is 13.3 Å². The molecule has 2 atom stereocenters. The number of alkyl halides is 1. The molecule has 0 heterocycles. The van der Waals surface area contributed by atoms with Crippen LogP contribution in [0.2, 0.25) is 0 Å². The van der Waals surface area contributed by atoms with E-state index in [0.29, 0.717) is 5.92 Å². The summed E-state index contributed by atoms with van der Waals surface area (Å²) in [7, 11) is 0. The molecule has 0 aliphatic rings. The molecule has 0 saturated carbocycles. The maximum absolute atomic E-state index is 11.9. The molecule has 0 aliphatic heterocycles. The summed E-state index contributed by atoms with van der Waals surface area (Å²) in [4.78, 5) is 0. The normalized spacial score (nSPS) is 14.4. The summed E-state index contributed by atoms with van der Waals surface area (Å²) in [5.74, 6) is 1.31. The van der Waals surface area contributed by atoms with E-state index in [4.69, 9.17) is 9.47 Å². The van der Waals surface area contributed by atoms with Gasteiger partial charge >= 0.3 is 0 Å². The van der Waals surface area contributed by atoms with Crippen molar-refractivity contribution in [3.63, 3.8) is 0 Å². The van der Waals surface area contributed by atoms with Gasteiger partial charge in [0, 0.05) is 0 Å². The molecule has 96 valence electrons. The van der Waals surface area contributed by atoms with Crippen molar-refractivity contribution in [1.82, 2.24) is 0 Å². The summed E-state index contributed by atoms with van der Waals surface area (Å²) in [6, 6.07) is 7.98. The molecule has 0 saturated heterocycles. The largest absolute Gasteiger partial charge is 0.465 e. The second kappa shape index (κ2) is 7.28. The third-order valence-electron chi connectivity index (χ3n) is 2.79. The van der Waals surface area contributed by atoms with Gasteiger partial charge in [-0.3, -0.25) is 0 Å². The van der Waals surface area contributed by atoms with Gasteiger partial charge in [-0.25, -0.2) is 4.39 Å². The number of ether oxygens (including phenoxy) is 2. The highest BCUT2D eigenvalue weighted by Crippen LogP contribution is 2.22. The highest BCUT2D eigenvalue weighted by atomic mass is 19.1. The smallest absolute Gasteiger partial charge is 0.197 e. The van der Waals surface area contributed by atoms with E-state index in [1.54, 1.807) is 6.92 Å². The maximum Gasteiger partial charge on any atom is 0.197 e. The maximum atomic E-state index is 11.9. The lowest BCUT2D eigenvalue weighted by Crippen LogP contribution is -2.17. The predicted octanol–water partition coefficient (Wildman–Crippen LogP) is 3.91. The van der Waals surface area contributed by atoms with E-state index >= 15 is 0 Å². The first-order valence-electron chi connectivity index (χ1n) is 6.11. The van der Waals surface area contributed by atoms with Crippen LogP contribution in [0.1, 0.15) is 38.7 Å². The second-order valence-corrected chi connectivity index (χ2v) is 4.12. The molecule has 0 amide bonds. The quantitative estimate of drug-likeness (QED) is 0.673. The monoisotopic (exact) mass is 240 g/mol. The molecule has 0 aromatic heterocycles. The van der Waals surface area contributed by atoms with E-state index in [1.165, 1.54) is 5.56 Å². The number of hydrogen-bond donors (Lipinski definition) is 0. The van der Waals surface area contributed by atoms with Gasteiger partial charge < -0.3 is 9.47 Å². The Labute approximate surface area is 103 Å². The third kappa shape index (κ3) is 4.73. The van der Waals surface area contributed by atoms with Gasteiger partial charge in [0.1, 0.15) is 12.4 Å². The Morgan fingerprint density at radius 3 is 2.35 bits per heavy atom. The number of halogens is 1. The predicted molar refractivity (Wildman–Crippen MR) is 67.2 cm³/mol. The molecule has 0 bridgehead atoms. The topological polar surface area (TPSA) is 18.5 Å². The van der Waals surface area contributed by atoms with Crippen LogP contribution in [0.25, 0.3) is 0 Å². The van der Waals surface area contributed by atoms with E-state index in [0.717, 1.165) is 12.2 Å². The third-order valence-corrected chi connectivity index (χ3v) is 2.79. The van der Waals surface area contributed by atoms with Crippen molar-refractivity contribution < 1.29 is 13.9 Å². The molecule has 3 heteroatoms. The van der Waals surface area contributed by atoms with Crippen LogP contribution in [0.4, 0.5) is 4.39 Å². The van der Waals surface area contributed by atoms with Gasteiger partial charge in [-0.15, -0.1) is 0 Å². The summed E-state index contributed by atoms with van der Waals surface area (Å²) in [6.45, 7) is 5.72. The van der Waals surface area contributed by atoms with E-state index in [2.05, 4.69) is 26.0 Å². The minimum absolute atomic E-state index is 0.0755. The standard InChI is InChI=1S/C14H21FO2/c1-4-11(2)13-5-7-14(8-6-13)17-12(3)16-10-9-15/h5-8,11-12H,4,9-10H2,1-3H3. The minimum Gasteiger partial charge on any atom is -0.465 e. The van der Waals surface area contributed by atoms with Crippen molar-refractivity contribution in [3.8, 4) is 5.75 Å². The average Bonchev–Trinajstić information content (AvgIpc) is 2.36. The molecule has 0 fully saturated rings. The molecule has 2 unspecified atom stereocenters.